The van der Waals surface area contributed by atoms with Crippen LogP contribution < -0.4 is 0 Å². The molecule has 3 atom stereocenters. The third-order valence-corrected chi connectivity index (χ3v) is 5.52. The Bertz CT molecular complexity index is 598. The lowest BCUT2D eigenvalue weighted by Gasteiger charge is -2.40. The SMILES string of the molecule is CN1C(CC(O)c2ccccc2)CCC[C@H]1CCc1ccccc1. The number of aliphatic hydroxyl groups is 1. The Balaban J connectivity index is 1.55. The molecule has 128 valence electrons. The van der Waals surface area contributed by atoms with Crippen LogP contribution in [0.25, 0.3) is 0 Å². The molecule has 1 aliphatic heterocycles. The second kappa shape index (κ2) is 8.46. The number of piperidine rings is 1. The average Bonchev–Trinajstić information content (AvgIpc) is 2.64. The van der Waals surface area contributed by atoms with Crippen LogP contribution in [0, 0.1) is 0 Å². The van der Waals surface area contributed by atoms with Crippen LogP contribution >= 0.6 is 0 Å². The van der Waals surface area contributed by atoms with E-state index < -0.39 is 0 Å². The molecule has 0 spiro atoms. The summed E-state index contributed by atoms with van der Waals surface area (Å²) in [5.74, 6) is 0. The quantitative estimate of drug-likeness (QED) is 0.840. The number of benzene rings is 2. The molecule has 1 saturated heterocycles. The summed E-state index contributed by atoms with van der Waals surface area (Å²) in [6.07, 6.45) is 6.58. The van der Waals surface area contributed by atoms with E-state index in [0.717, 1.165) is 18.4 Å². The Hall–Kier alpha value is -1.64. The van der Waals surface area contributed by atoms with Crippen molar-refractivity contribution in [3.63, 3.8) is 0 Å². The van der Waals surface area contributed by atoms with E-state index in [1.54, 1.807) is 0 Å². The van der Waals surface area contributed by atoms with Gasteiger partial charge in [-0.15, -0.1) is 0 Å². The standard InChI is InChI=1S/C22H29NO/c1-23-20(16-15-18-9-4-2-5-10-18)13-8-14-21(23)17-22(24)19-11-6-3-7-12-19/h2-7,9-12,20-22,24H,8,13-17H2,1H3/t20-,21?,22?/m0/s1. The molecule has 2 aromatic rings. The van der Waals surface area contributed by atoms with Crippen molar-refractivity contribution in [1.82, 2.24) is 4.90 Å². The summed E-state index contributed by atoms with van der Waals surface area (Å²) in [6.45, 7) is 0. The van der Waals surface area contributed by atoms with Crippen molar-refractivity contribution in [3.8, 4) is 0 Å². The Morgan fingerprint density at radius 2 is 1.58 bits per heavy atom. The molecule has 2 unspecified atom stereocenters. The van der Waals surface area contributed by atoms with Gasteiger partial charge in [0.1, 0.15) is 0 Å². The first-order valence-corrected chi connectivity index (χ1v) is 9.23. The van der Waals surface area contributed by atoms with Gasteiger partial charge in [-0.25, -0.2) is 0 Å². The molecule has 1 aliphatic rings. The maximum absolute atomic E-state index is 10.6. The molecule has 0 aliphatic carbocycles. The van der Waals surface area contributed by atoms with Crippen LogP contribution in [0.15, 0.2) is 60.7 Å². The highest BCUT2D eigenvalue weighted by Crippen LogP contribution is 2.30. The third-order valence-electron chi connectivity index (χ3n) is 5.52. The van der Waals surface area contributed by atoms with Crippen LogP contribution in [0.4, 0.5) is 0 Å². The molecule has 1 N–H and O–H groups in total. The largest absolute Gasteiger partial charge is 0.388 e. The van der Waals surface area contributed by atoms with E-state index in [1.165, 1.54) is 31.2 Å². The first-order valence-electron chi connectivity index (χ1n) is 9.23. The number of likely N-dealkylation sites (tertiary alicyclic amines) is 1. The molecule has 0 bridgehead atoms. The summed E-state index contributed by atoms with van der Waals surface area (Å²) in [5, 5.41) is 10.6. The van der Waals surface area contributed by atoms with Crippen LogP contribution in [0.1, 0.15) is 49.3 Å². The van der Waals surface area contributed by atoms with Gasteiger partial charge < -0.3 is 10.0 Å². The van der Waals surface area contributed by atoms with Gasteiger partial charge in [0.05, 0.1) is 6.10 Å². The third kappa shape index (κ3) is 4.46. The van der Waals surface area contributed by atoms with Gasteiger partial charge in [0.25, 0.3) is 0 Å². The minimum Gasteiger partial charge on any atom is -0.388 e. The Kier molecular flexibility index (Phi) is 6.06. The molecule has 1 heterocycles. The van der Waals surface area contributed by atoms with Crippen molar-refractivity contribution < 1.29 is 5.11 Å². The normalized spacial score (nSPS) is 23.1. The molecule has 2 aromatic carbocycles. The number of aryl methyl sites for hydroxylation is 1. The van der Waals surface area contributed by atoms with Crippen molar-refractivity contribution in [1.29, 1.82) is 0 Å². The second-order valence-corrected chi connectivity index (χ2v) is 7.09. The van der Waals surface area contributed by atoms with Crippen LogP contribution in [0.5, 0.6) is 0 Å². The molecule has 3 rings (SSSR count). The monoisotopic (exact) mass is 323 g/mol. The summed E-state index contributed by atoms with van der Waals surface area (Å²) in [4.78, 5) is 2.53. The minimum absolute atomic E-state index is 0.355. The van der Waals surface area contributed by atoms with E-state index in [9.17, 15) is 5.11 Å². The molecule has 0 aromatic heterocycles. The van der Waals surface area contributed by atoms with E-state index in [2.05, 4.69) is 42.3 Å². The van der Waals surface area contributed by atoms with Crippen molar-refractivity contribution >= 4 is 0 Å². The van der Waals surface area contributed by atoms with Crippen LogP contribution in [-0.4, -0.2) is 29.1 Å². The Labute approximate surface area is 146 Å². The lowest BCUT2D eigenvalue weighted by atomic mass is 9.88. The highest BCUT2D eigenvalue weighted by atomic mass is 16.3. The fourth-order valence-electron chi connectivity index (χ4n) is 3.97. The summed E-state index contributed by atoms with van der Waals surface area (Å²) in [6, 6.07) is 22.0. The molecule has 24 heavy (non-hydrogen) atoms. The molecule has 2 heteroatoms. The topological polar surface area (TPSA) is 23.5 Å². The number of nitrogens with zero attached hydrogens (tertiary/aromatic N) is 1. The Morgan fingerprint density at radius 1 is 0.958 bits per heavy atom. The number of aliphatic hydroxyl groups excluding tert-OH is 1. The van der Waals surface area contributed by atoms with Crippen LogP contribution in [0.3, 0.4) is 0 Å². The number of hydrogen-bond donors (Lipinski definition) is 1. The van der Waals surface area contributed by atoms with E-state index in [-0.39, 0.29) is 6.10 Å². The van der Waals surface area contributed by atoms with Gasteiger partial charge in [0.15, 0.2) is 0 Å². The van der Waals surface area contributed by atoms with Gasteiger partial charge in [-0.1, -0.05) is 67.1 Å². The smallest absolute Gasteiger partial charge is 0.0805 e. The maximum atomic E-state index is 10.6. The van der Waals surface area contributed by atoms with Crippen molar-refractivity contribution in [3.05, 3.63) is 71.8 Å². The summed E-state index contributed by atoms with van der Waals surface area (Å²) in [5.41, 5.74) is 2.47. The van der Waals surface area contributed by atoms with Gasteiger partial charge in [-0.3, -0.25) is 0 Å². The van der Waals surface area contributed by atoms with E-state index in [1.807, 2.05) is 30.3 Å². The molecule has 0 saturated carbocycles. The van der Waals surface area contributed by atoms with E-state index in [4.69, 9.17) is 0 Å². The predicted octanol–water partition coefficient (Wildman–Crippen LogP) is 4.60. The summed E-state index contributed by atoms with van der Waals surface area (Å²) >= 11 is 0. The van der Waals surface area contributed by atoms with E-state index in [0.29, 0.717) is 12.1 Å². The van der Waals surface area contributed by atoms with Crippen LogP contribution in [-0.2, 0) is 6.42 Å². The molecule has 2 nitrogen and oxygen atoms in total. The average molecular weight is 323 g/mol. The number of rotatable bonds is 6. The zero-order valence-corrected chi connectivity index (χ0v) is 14.6. The second-order valence-electron chi connectivity index (χ2n) is 7.09. The molecular weight excluding hydrogens is 294 g/mol. The summed E-state index contributed by atoms with van der Waals surface area (Å²) < 4.78 is 0. The van der Waals surface area contributed by atoms with Gasteiger partial charge in [0, 0.05) is 12.1 Å². The van der Waals surface area contributed by atoms with Crippen molar-refractivity contribution in [2.75, 3.05) is 7.05 Å². The summed E-state index contributed by atoms with van der Waals surface area (Å²) in [7, 11) is 2.25. The Morgan fingerprint density at radius 3 is 2.29 bits per heavy atom. The van der Waals surface area contributed by atoms with Crippen molar-refractivity contribution in [2.45, 2.75) is 56.7 Å². The molecule has 1 fully saturated rings. The van der Waals surface area contributed by atoms with Crippen molar-refractivity contribution in [2.24, 2.45) is 0 Å². The van der Waals surface area contributed by atoms with Gasteiger partial charge >= 0.3 is 0 Å². The van der Waals surface area contributed by atoms with Gasteiger partial charge in [-0.05, 0) is 50.3 Å². The molecule has 0 radical (unpaired) electrons. The number of hydrogen-bond acceptors (Lipinski definition) is 2. The molecule has 0 amide bonds. The zero-order valence-electron chi connectivity index (χ0n) is 14.6. The zero-order chi connectivity index (χ0) is 16.8. The highest BCUT2D eigenvalue weighted by molar-refractivity contribution is 5.17. The molecular formula is C22H29NO. The highest BCUT2D eigenvalue weighted by Gasteiger charge is 2.29. The van der Waals surface area contributed by atoms with Crippen LogP contribution in [0.2, 0.25) is 0 Å². The van der Waals surface area contributed by atoms with E-state index >= 15 is 0 Å². The lowest BCUT2D eigenvalue weighted by molar-refractivity contribution is 0.0585. The lowest BCUT2D eigenvalue weighted by Crippen LogP contribution is -2.44. The predicted molar refractivity (Wildman–Crippen MR) is 100.0 cm³/mol. The fraction of sp³-hybridized carbons (Fsp3) is 0.455. The first-order chi connectivity index (χ1) is 11.7. The maximum Gasteiger partial charge on any atom is 0.0805 e. The first kappa shape index (κ1) is 17.2. The van der Waals surface area contributed by atoms with Gasteiger partial charge in [-0.2, -0.15) is 0 Å². The minimum atomic E-state index is -0.355. The fourth-order valence-corrected chi connectivity index (χ4v) is 3.97. The van der Waals surface area contributed by atoms with Gasteiger partial charge in [0.2, 0.25) is 0 Å².